The maximum atomic E-state index is 11.9. The van der Waals surface area contributed by atoms with Crippen molar-refractivity contribution in [1.29, 1.82) is 0 Å². The summed E-state index contributed by atoms with van der Waals surface area (Å²) >= 11 is 0. The molecule has 0 bridgehead atoms. The summed E-state index contributed by atoms with van der Waals surface area (Å²) in [5, 5.41) is 0. The molecule has 1 aliphatic rings. The number of hydrogen-bond donors (Lipinski definition) is 1. The predicted octanol–water partition coefficient (Wildman–Crippen LogP) is 2.25. The number of aryl methyl sites for hydroxylation is 1. The van der Waals surface area contributed by atoms with Crippen LogP contribution in [0.4, 0.5) is 5.95 Å². The second-order valence-corrected chi connectivity index (χ2v) is 5.17. The van der Waals surface area contributed by atoms with E-state index in [-0.39, 0.29) is 17.7 Å². The molecule has 0 saturated heterocycles. The molecule has 1 aromatic carbocycles. The Morgan fingerprint density at radius 1 is 1.29 bits per heavy atom. The molecule has 0 spiro atoms. The molecule has 2 aromatic rings. The highest BCUT2D eigenvalue weighted by molar-refractivity contribution is 5.98. The zero-order valence-corrected chi connectivity index (χ0v) is 12.0. The summed E-state index contributed by atoms with van der Waals surface area (Å²) < 4.78 is 5.79. The van der Waals surface area contributed by atoms with E-state index in [2.05, 4.69) is 15.0 Å². The zero-order chi connectivity index (χ0) is 15.0. The molecule has 1 heterocycles. The first-order chi connectivity index (χ1) is 10.1. The van der Waals surface area contributed by atoms with Gasteiger partial charge in [0, 0.05) is 0 Å². The number of nitrogens with two attached hydrogens (primary N) is 1. The molecule has 6 nitrogen and oxygen atoms in total. The van der Waals surface area contributed by atoms with Crippen LogP contribution in [0.1, 0.15) is 40.4 Å². The number of anilines is 1. The molecule has 0 amide bonds. The largest absolute Gasteiger partial charge is 0.423 e. The zero-order valence-electron chi connectivity index (χ0n) is 12.0. The van der Waals surface area contributed by atoms with Gasteiger partial charge in [-0.25, -0.2) is 4.98 Å². The second-order valence-electron chi connectivity index (χ2n) is 5.17. The van der Waals surface area contributed by atoms with Gasteiger partial charge in [-0.1, -0.05) is 0 Å². The van der Waals surface area contributed by atoms with Crippen molar-refractivity contribution >= 4 is 11.7 Å². The molecule has 0 unspecified atom stereocenters. The third kappa shape index (κ3) is 2.44. The Kier molecular flexibility index (Phi) is 3.29. The number of carbonyl (C=O) groups excluding carboxylic acids is 1. The van der Waals surface area contributed by atoms with Crippen molar-refractivity contribution in [3.05, 3.63) is 34.6 Å². The van der Waals surface area contributed by atoms with Crippen LogP contribution in [-0.2, 0) is 12.8 Å². The van der Waals surface area contributed by atoms with Crippen LogP contribution in [0.5, 0.6) is 11.8 Å². The number of fused-ring (bicyclic) bond motifs is 1. The highest BCUT2D eigenvalue weighted by atomic mass is 16.5. The van der Waals surface area contributed by atoms with E-state index in [0.717, 1.165) is 30.4 Å². The minimum Gasteiger partial charge on any atom is -0.423 e. The van der Waals surface area contributed by atoms with Crippen molar-refractivity contribution in [1.82, 2.24) is 15.0 Å². The maximum absolute atomic E-state index is 11.9. The summed E-state index contributed by atoms with van der Waals surface area (Å²) in [6.45, 7) is 3.56. The van der Waals surface area contributed by atoms with Crippen molar-refractivity contribution in [3.8, 4) is 11.8 Å². The second kappa shape index (κ2) is 5.12. The molecule has 21 heavy (non-hydrogen) atoms. The molecule has 0 fully saturated rings. The van der Waals surface area contributed by atoms with Gasteiger partial charge in [0.25, 0.3) is 0 Å². The topological polar surface area (TPSA) is 91.0 Å². The van der Waals surface area contributed by atoms with Crippen LogP contribution in [0.25, 0.3) is 0 Å². The van der Waals surface area contributed by atoms with E-state index in [4.69, 9.17) is 10.5 Å². The van der Waals surface area contributed by atoms with Crippen LogP contribution in [-0.4, -0.2) is 20.7 Å². The summed E-state index contributed by atoms with van der Waals surface area (Å²) in [5.74, 6) is 0.615. The summed E-state index contributed by atoms with van der Waals surface area (Å²) in [5.41, 5.74) is 9.58. The normalized spacial score (nSPS) is 13.0. The van der Waals surface area contributed by atoms with E-state index >= 15 is 0 Å². The lowest BCUT2D eigenvalue weighted by Gasteiger charge is -2.15. The van der Waals surface area contributed by atoms with Gasteiger partial charge in [0.1, 0.15) is 12.1 Å². The molecule has 0 atom stereocenters. The number of nitrogens with zero attached hydrogens (tertiary/aromatic N) is 3. The number of rotatable bonds is 3. The summed E-state index contributed by atoms with van der Waals surface area (Å²) in [6, 6.07) is 2.00. The van der Waals surface area contributed by atoms with Gasteiger partial charge in [-0.3, -0.25) is 4.79 Å². The Labute approximate surface area is 122 Å². The first-order valence-electron chi connectivity index (χ1n) is 6.85. The molecular weight excluding hydrogens is 268 g/mol. The fourth-order valence-electron chi connectivity index (χ4n) is 2.77. The lowest BCUT2D eigenvalue weighted by atomic mass is 9.97. The van der Waals surface area contributed by atoms with Gasteiger partial charge in [-0.15, -0.1) is 0 Å². The van der Waals surface area contributed by atoms with Crippen molar-refractivity contribution < 1.29 is 9.53 Å². The molecule has 0 saturated carbocycles. The molecule has 6 heteroatoms. The van der Waals surface area contributed by atoms with Crippen LogP contribution in [0.15, 0.2) is 12.4 Å². The Morgan fingerprint density at radius 3 is 2.76 bits per heavy atom. The van der Waals surface area contributed by atoms with Gasteiger partial charge in [-0.05, 0) is 55.9 Å². The standard InChI is InChI=1S/C15H16N4O2/c1-8-6-12(9(2)20)13(11-5-3-4-10(8)11)21-15-18-7-17-14(16)19-15/h6-7H,3-5H2,1-2H3,(H2,16,17,18,19). The average Bonchev–Trinajstić information content (AvgIpc) is 2.91. The number of nitrogen functional groups attached to an aromatic ring is 1. The van der Waals surface area contributed by atoms with E-state index in [9.17, 15) is 4.79 Å². The molecular formula is C15H16N4O2. The van der Waals surface area contributed by atoms with Crippen LogP contribution in [0.2, 0.25) is 0 Å². The number of ketones is 1. The number of ether oxygens (including phenoxy) is 1. The lowest BCUT2D eigenvalue weighted by Crippen LogP contribution is -2.06. The van der Waals surface area contributed by atoms with Crippen molar-refractivity contribution in [3.63, 3.8) is 0 Å². The van der Waals surface area contributed by atoms with E-state index < -0.39 is 0 Å². The monoisotopic (exact) mass is 284 g/mol. The summed E-state index contributed by atoms with van der Waals surface area (Å²) in [7, 11) is 0. The third-order valence-electron chi connectivity index (χ3n) is 3.71. The van der Waals surface area contributed by atoms with Gasteiger partial charge >= 0.3 is 6.01 Å². The first kappa shape index (κ1) is 13.5. The SMILES string of the molecule is CC(=O)c1cc(C)c2c(c1Oc1ncnc(N)n1)CCC2. The van der Waals surface area contributed by atoms with Gasteiger partial charge in [-0.2, -0.15) is 9.97 Å². The molecule has 0 radical (unpaired) electrons. The fourth-order valence-corrected chi connectivity index (χ4v) is 2.77. The highest BCUT2D eigenvalue weighted by Crippen LogP contribution is 2.38. The number of carbonyl (C=O) groups is 1. The minimum atomic E-state index is -0.0372. The van der Waals surface area contributed by atoms with Crippen molar-refractivity contribution in [2.45, 2.75) is 33.1 Å². The number of benzene rings is 1. The van der Waals surface area contributed by atoms with Crippen molar-refractivity contribution in [2.24, 2.45) is 0 Å². The first-order valence-corrected chi connectivity index (χ1v) is 6.85. The van der Waals surface area contributed by atoms with E-state index in [1.165, 1.54) is 18.8 Å². The molecule has 2 N–H and O–H groups in total. The Morgan fingerprint density at radius 2 is 2.05 bits per heavy atom. The van der Waals surface area contributed by atoms with Gasteiger partial charge in [0.05, 0.1) is 5.56 Å². The molecule has 108 valence electrons. The predicted molar refractivity (Wildman–Crippen MR) is 77.5 cm³/mol. The Bertz CT molecular complexity index is 728. The summed E-state index contributed by atoms with van der Waals surface area (Å²) in [4.78, 5) is 23.5. The van der Waals surface area contributed by atoms with E-state index in [1.54, 1.807) is 0 Å². The van der Waals surface area contributed by atoms with Crippen LogP contribution < -0.4 is 10.5 Å². The van der Waals surface area contributed by atoms with Crippen molar-refractivity contribution in [2.75, 3.05) is 5.73 Å². The number of aromatic nitrogens is 3. The van der Waals surface area contributed by atoms with Gasteiger partial charge in [0.2, 0.25) is 5.95 Å². The maximum Gasteiger partial charge on any atom is 0.326 e. The smallest absolute Gasteiger partial charge is 0.326 e. The van der Waals surface area contributed by atoms with E-state index in [0.29, 0.717) is 11.3 Å². The highest BCUT2D eigenvalue weighted by Gasteiger charge is 2.24. The quantitative estimate of drug-likeness (QED) is 0.869. The molecule has 1 aromatic heterocycles. The van der Waals surface area contributed by atoms with Gasteiger partial charge in [0.15, 0.2) is 5.78 Å². The van der Waals surface area contributed by atoms with Gasteiger partial charge < -0.3 is 10.5 Å². The van der Waals surface area contributed by atoms with Crippen LogP contribution >= 0.6 is 0 Å². The number of hydrogen-bond acceptors (Lipinski definition) is 6. The minimum absolute atomic E-state index is 0.0372. The van der Waals surface area contributed by atoms with Crippen LogP contribution in [0, 0.1) is 6.92 Å². The Hall–Kier alpha value is -2.50. The van der Waals surface area contributed by atoms with Crippen LogP contribution in [0.3, 0.4) is 0 Å². The summed E-state index contributed by atoms with van der Waals surface area (Å²) in [6.07, 6.45) is 4.26. The van der Waals surface area contributed by atoms with E-state index in [1.807, 2.05) is 13.0 Å². The number of Topliss-reactive ketones (excluding diaryl/α,β-unsaturated/α-hetero) is 1. The molecule has 1 aliphatic carbocycles. The lowest BCUT2D eigenvalue weighted by molar-refractivity contribution is 0.101. The Balaban J connectivity index is 2.12. The molecule has 3 rings (SSSR count). The fraction of sp³-hybridized carbons (Fsp3) is 0.333. The average molecular weight is 284 g/mol. The molecule has 0 aliphatic heterocycles. The third-order valence-corrected chi connectivity index (χ3v) is 3.71.